The summed E-state index contributed by atoms with van der Waals surface area (Å²) in [6.07, 6.45) is 7.79. The van der Waals surface area contributed by atoms with Gasteiger partial charge < -0.3 is 4.74 Å². The van der Waals surface area contributed by atoms with Gasteiger partial charge in [0.05, 0.1) is 11.5 Å². The van der Waals surface area contributed by atoms with Crippen LogP contribution in [-0.2, 0) is 11.5 Å². The first-order valence-electron chi connectivity index (χ1n) is 6.42. The number of aromatic nitrogens is 2. The van der Waals surface area contributed by atoms with Crippen molar-refractivity contribution in [2.75, 3.05) is 31.1 Å². The van der Waals surface area contributed by atoms with Crippen molar-refractivity contribution >= 4 is 50.0 Å². The van der Waals surface area contributed by atoms with Crippen LogP contribution in [0.5, 0.6) is 0 Å². The fraction of sp³-hybridized carbons (Fsp3) is 0.462. The average molecular weight is 366 g/mol. The lowest BCUT2D eigenvalue weighted by atomic mass is 10.3. The van der Waals surface area contributed by atoms with Crippen LogP contribution in [0.4, 0.5) is 5.69 Å². The molecule has 6 nitrogen and oxygen atoms in total. The SMILES string of the molecule is CS(C)(C)CCOCn1c(Cl)cc2c(Cl)c([N+](=O)[O-])cnc21. The second-order valence-corrected chi connectivity index (χ2v) is 11.0. The summed E-state index contributed by atoms with van der Waals surface area (Å²) in [4.78, 5) is 14.4. The van der Waals surface area contributed by atoms with Gasteiger partial charge in [-0.3, -0.25) is 14.7 Å². The number of hydrogen-bond donors (Lipinski definition) is 0. The minimum atomic E-state index is -0.619. The van der Waals surface area contributed by atoms with Crippen LogP contribution < -0.4 is 0 Å². The van der Waals surface area contributed by atoms with Gasteiger partial charge in [0.25, 0.3) is 0 Å². The van der Waals surface area contributed by atoms with E-state index in [9.17, 15) is 10.1 Å². The fourth-order valence-corrected chi connectivity index (χ4v) is 2.95. The van der Waals surface area contributed by atoms with Crippen LogP contribution in [0.1, 0.15) is 0 Å². The largest absolute Gasteiger partial charge is 0.360 e. The first kappa shape index (κ1) is 17.3. The Balaban J connectivity index is 2.22. The summed E-state index contributed by atoms with van der Waals surface area (Å²) in [6, 6.07) is 1.57. The molecule has 0 fully saturated rings. The second kappa shape index (κ2) is 6.62. The van der Waals surface area contributed by atoms with Gasteiger partial charge in [0.2, 0.25) is 0 Å². The summed E-state index contributed by atoms with van der Waals surface area (Å²) in [7, 11) is -0.619. The molecule has 0 aliphatic rings. The third-order valence-electron chi connectivity index (χ3n) is 3.05. The van der Waals surface area contributed by atoms with E-state index < -0.39 is 15.0 Å². The molecule has 9 heteroatoms. The van der Waals surface area contributed by atoms with Crippen molar-refractivity contribution < 1.29 is 9.66 Å². The molecule has 0 saturated heterocycles. The van der Waals surface area contributed by atoms with Crippen LogP contribution in [-0.4, -0.2) is 45.6 Å². The van der Waals surface area contributed by atoms with Crippen LogP contribution in [0.2, 0.25) is 10.2 Å². The summed E-state index contributed by atoms with van der Waals surface area (Å²) in [6.45, 7) is 0.856. The molecule has 2 aromatic rings. The van der Waals surface area contributed by atoms with Gasteiger partial charge in [-0.15, -0.1) is 0 Å². The normalized spacial score (nSPS) is 12.8. The molecule has 2 rings (SSSR count). The van der Waals surface area contributed by atoms with E-state index in [0.717, 1.165) is 11.9 Å². The first-order chi connectivity index (χ1) is 10.2. The van der Waals surface area contributed by atoms with Crippen molar-refractivity contribution in [3.8, 4) is 0 Å². The first-order valence-corrected chi connectivity index (χ1v) is 10.2. The van der Waals surface area contributed by atoms with Gasteiger partial charge >= 0.3 is 5.69 Å². The number of ether oxygens (including phenoxy) is 1. The van der Waals surface area contributed by atoms with E-state index in [1.54, 1.807) is 10.6 Å². The Kier molecular flexibility index (Phi) is 5.21. The lowest BCUT2D eigenvalue weighted by Gasteiger charge is -2.24. The minimum Gasteiger partial charge on any atom is -0.360 e. The van der Waals surface area contributed by atoms with Gasteiger partial charge in [-0.1, -0.05) is 23.2 Å². The molecule has 0 spiro atoms. The quantitative estimate of drug-likeness (QED) is 0.441. The highest BCUT2D eigenvalue weighted by Gasteiger charge is 2.20. The fourth-order valence-electron chi connectivity index (χ4n) is 1.84. The molecule has 0 aliphatic heterocycles. The molecule has 0 saturated carbocycles. The van der Waals surface area contributed by atoms with E-state index in [-0.39, 0.29) is 17.4 Å². The average Bonchev–Trinajstić information content (AvgIpc) is 2.71. The molecule has 0 aliphatic carbocycles. The summed E-state index contributed by atoms with van der Waals surface area (Å²) in [5, 5.41) is 11.8. The van der Waals surface area contributed by atoms with Gasteiger partial charge in [-0.05, 0) is 24.8 Å². The highest BCUT2D eigenvalue weighted by Crippen LogP contribution is 2.35. The number of halogens is 2. The van der Waals surface area contributed by atoms with Gasteiger partial charge in [0.15, 0.2) is 0 Å². The predicted octanol–water partition coefficient (Wildman–Crippen LogP) is 3.92. The zero-order valence-electron chi connectivity index (χ0n) is 12.5. The molecule has 0 amide bonds. The van der Waals surface area contributed by atoms with Crippen molar-refractivity contribution in [3.05, 3.63) is 32.6 Å². The third-order valence-corrected chi connectivity index (χ3v) is 5.15. The molecular formula is C13H17Cl2N3O3S. The highest BCUT2D eigenvalue weighted by molar-refractivity contribution is 8.32. The van der Waals surface area contributed by atoms with E-state index >= 15 is 0 Å². The number of pyridine rings is 1. The summed E-state index contributed by atoms with van der Waals surface area (Å²) >= 11 is 12.2. The molecule has 2 heterocycles. The van der Waals surface area contributed by atoms with Crippen molar-refractivity contribution in [3.63, 3.8) is 0 Å². The zero-order chi connectivity index (χ0) is 16.5. The maximum Gasteiger partial charge on any atom is 0.306 e. The van der Waals surface area contributed by atoms with E-state index in [2.05, 4.69) is 23.8 Å². The van der Waals surface area contributed by atoms with E-state index in [4.69, 9.17) is 27.9 Å². The summed E-state index contributed by atoms with van der Waals surface area (Å²) in [5.41, 5.74) is 0.240. The Bertz CT molecular complexity index is 713. The van der Waals surface area contributed by atoms with Crippen molar-refractivity contribution in [1.29, 1.82) is 0 Å². The van der Waals surface area contributed by atoms with Crippen molar-refractivity contribution in [2.24, 2.45) is 0 Å². The molecule has 0 radical (unpaired) electrons. The molecule has 0 bridgehead atoms. The number of hydrogen-bond acceptors (Lipinski definition) is 4. The second-order valence-electron chi connectivity index (χ2n) is 5.68. The van der Waals surface area contributed by atoms with Gasteiger partial charge in [0.1, 0.15) is 28.8 Å². The van der Waals surface area contributed by atoms with Gasteiger partial charge in [0, 0.05) is 11.1 Å². The molecule has 0 atom stereocenters. The summed E-state index contributed by atoms with van der Waals surface area (Å²) in [5.74, 6) is 0.990. The van der Waals surface area contributed by atoms with Gasteiger partial charge in [-0.2, -0.15) is 0 Å². The molecule has 22 heavy (non-hydrogen) atoms. The van der Waals surface area contributed by atoms with Crippen LogP contribution in [0.3, 0.4) is 0 Å². The monoisotopic (exact) mass is 365 g/mol. The highest BCUT2D eigenvalue weighted by atomic mass is 35.5. The molecular weight excluding hydrogens is 349 g/mol. The van der Waals surface area contributed by atoms with Crippen LogP contribution >= 0.6 is 33.2 Å². The molecule has 0 N–H and O–H groups in total. The standard InChI is InChI=1S/C13H17Cl2N3O3S/c1-22(2,3)5-4-21-8-17-11(14)6-9-12(15)10(18(19)20)7-16-13(9)17/h6-7H,4-5,8H2,1-3H3. The van der Waals surface area contributed by atoms with Crippen molar-refractivity contribution in [1.82, 2.24) is 9.55 Å². The molecule has 0 aromatic carbocycles. The molecule has 122 valence electrons. The maximum absolute atomic E-state index is 10.9. The molecule has 0 unspecified atom stereocenters. The van der Waals surface area contributed by atoms with Crippen LogP contribution in [0, 0.1) is 10.1 Å². The van der Waals surface area contributed by atoms with Crippen LogP contribution in [0.25, 0.3) is 11.0 Å². The Morgan fingerprint density at radius 3 is 2.68 bits per heavy atom. The van der Waals surface area contributed by atoms with Crippen LogP contribution in [0.15, 0.2) is 12.3 Å². The zero-order valence-corrected chi connectivity index (χ0v) is 14.8. The van der Waals surface area contributed by atoms with E-state index in [0.29, 0.717) is 22.8 Å². The van der Waals surface area contributed by atoms with Gasteiger partial charge in [-0.25, -0.2) is 15.0 Å². The number of nitro groups is 1. The number of nitrogens with zero attached hydrogens (tertiary/aromatic N) is 3. The number of fused-ring (bicyclic) bond motifs is 1. The smallest absolute Gasteiger partial charge is 0.306 e. The summed E-state index contributed by atoms with van der Waals surface area (Å²) < 4.78 is 7.29. The Labute approximate surface area is 139 Å². The minimum absolute atomic E-state index is 0.0368. The Hall–Kier alpha value is -1.02. The van der Waals surface area contributed by atoms with Crippen molar-refractivity contribution in [2.45, 2.75) is 6.73 Å². The lowest BCUT2D eigenvalue weighted by molar-refractivity contribution is -0.384. The Morgan fingerprint density at radius 2 is 2.09 bits per heavy atom. The van der Waals surface area contributed by atoms with E-state index in [1.165, 1.54) is 0 Å². The Morgan fingerprint density at radius 1 is 1.41 bits per heavy atom. The maximum atomic E-state index is 10.9. The predicted molar refractivity (Wildman–Crippen MR) is 92.6 cm³/mol. The third kappa shape index (κ3) is 3.84. The molecule has 2 aromatic heterocycles. The van der Waals surface area contributed by atoms with E-state index in [1.807, 2.05) is 0 Å². The lowest BCUT2D eigenvalue weighted by Crippen LogP contribution is -2.10. The topological polar surface area (TPSA) is 70.2 Å². The number of rotatable bonds is 6.